The molecule has 0 rings (SSSR count). The van der Waals surface area contributed by atoms with Gasteiger partial charge in [-0.25, -0.2) is 0 Å². The third kappa shape index (κ3) is 25.9. The van der Waals surface area contributed by atoms with Gasteiger partial charge in [-0.1, -0.05) is 0 Å². The van der Waals surface area contributed by atoms with Gasteiger partial charge in [0.25, 0.3) is 0 Å². The molecule has 0 aliphatic carbocycles. The van der Waals surface area contributed by atoms with Crippen LogP contribution in [0.3, 0.4) is 0 Å². The quantitative estimate of drug-likeness (QED) is 0.395. The van der Waals surface area contributed by atoms with Crippen molar-refractivity contribution in [3.05, 3.63) is 0 Å². The van der Waals surface area contributed by atoms with Crippen molar-refractivity contribution in [1.29, 1.82) is 0 Å². The molecular weight excluding hydrogens is 520 g/mol. The van der Waals surface area contributed by atoms with E-state index >= 15 is 0 Å². The Morgan fingerprint density at radius 3 is 1.17 bits per heavy atom. The maximum Gasteiger partial charge on any atom is 0 e. The van der Waals surface area contributed by atoms with E-state index in [1.54, 1.807) is 0 Å². The molecule has 0 nitrogen and oxygen atoms in total. The molecule has 6 heteroatoms. The van der Waals surface area contributed by atoms with Crippen LogP contribution in [0, 0.1) is 0 Å². The first-order chi connectivity index (χ1) is 1.00. The predicted octanol–water partition coefficient (Wildman–Crippen LogP) is -0.278. The van der Waals surface area contributed by atoms with Gasteiger partial charge in [0.15, 0.2) is 0 Å². The van der Waals surface area contributed by atoms with E-state index in [9.17, 15) is 0 Å². The van der Waals surface area contributed by atoms with Gasteiger partial charge in [0.05, 0.1) is 0 Å². The van der Waals surface area contributed by atoms with Crippen LogP contribution in [0.2, 0.25) is 0 Å². The number of rotatable bonds is 0. The molecule has 0 bridgehead atoms. The summed E-state index contributed by atoms with van der Waals surface area (Å²) in [4.78, 5) is 0. The standard InChI is InChI=1S/Cu.Fe.Mo.Pb.S.Zn.2H. The Balaban J connectivity index is -0.000000000833. The third-order valence-corrected chi connectivity index (χ3v) is 0. The largest absolute Gasteiger partial charge is 0 e. The van der Waals surface area contributed by atoms with E-state index < -0.39 is 0 Å². The van der Waals surface area contributed by atoms with Crippen molar-refractivity contribution in [2.24, 2.45) is 0 Å². The molecule has 0 aromatic carbocycles. The Hall–Kier alpha value is 3.49. The van der Waals surface area contributed by atoms with Crippen molar-refractivity contribution < 1.29 is 71.6 Å². The average Bonchev–Trinajstić information content (AvgIpc) is 1.00. The molecule has 0 heterocycles. The van der Waals surface area contributed by atoms with Crippen LogP contribution >= 0.6 is 9.82 Å². The molecule has 0 N–H and O–H groups in total. The van der Waals surface area contributed by atoms with E-state index in [1.807, 2.05) is 0 Å². The Morgan fingerprint density at radius 1 is 1.17 bits per heavy atom. The third-order valence-electron chi connectivity index (χ3n) is 0. The minimum atomic E-state index is 0. The molecule has 0 spiro atoms. The SMILES string of the molecule is [Cu].[Fe].[PbH2].[S]=[Mo].[Zn]. The second kappa shape index (κ2) is 39.1. The summed E-state index contributed by atoms with van der Waals surface area (Å²) in [5, 5.41) is 0. The molecule has 0 atom stereocenters. The molecule has 3 radical (unpaired) electrons. The fourth-order valence-electron chi connectivity index (χ4n) is 0. The number of hydrogen-bond donors (Lipinski definition) is 0. The summed E-state index contributed by atoms with van der Waals surface area (Å²) in [6, 6.07) is 0. The van der Waals surface area contributed by atoms with Gasteiger partial charge in [-0.2, -0.15) is 0 Å². The maximum atomic E-state index is 4.09. The van der Waals surface area contributed by atoms with Crippen molar-refractivity contribution in [3.8, 4) is 0 Å². The van der Waals surface area contributed by atoms with E-state index in [0.717, 1.165) is 0 Å². The van der Waals surface area contributed by atoms with Gasteiger partial charge in [0.1, 0.15) is 0 Å². The monoisotopic (exact) mass is 523 g/mol. The van der Waals surface area contributed by atoms with Crippen LogP contribution < -0.4 is 0 Å². The summed E-state index contributed by atoms with van der Waals surface area (Å²) in [7, 11) is 4.09. The van der Waals surface area contributed by atoms with Crippen molar-refractivity contribution in [2.45, 2.75) is 0 Å². The van der Waals surface area contributed by atoms with Crippen LogP contribution in [0.5, 0.6) is 0 Å². The van der Waals surface area contributed by atoms with Gasteiger partial charge in [-0.15, -0.1) is 0 Å². The normalized spacial score (nSPS) is 0.667. The molecule has 0 aromatic heterocycles. The summed E-state index contributed by atoms with van der Waals surface area (Å²) in [6.45, 7) is 0. The Labute approximate surface area is 107 Å². The molecule has 6 heavy (non-hydrogen) atoms. The van der Waals surface area contributed by atoms with Crippen LogP contribution in [0.1, 0.15) is 0 Å². The van der Waals surface area contributed by atoms with E-state index in [2.05, 4.69) is 9.82 Å². The Kier molecular flexibility index (Phi) is 221. The molecule has 0 saturated carbocycles. The zero-order chi connectivity index (χ0) is 2.00. The van der Waals surface area contributed by atoms with E-state index in [0.29, 0.717) is 0 Å². The summed E-state index contributed by atoms with van der Waals surface area (Å²) in [6.07, 6.45) is 0. The molecule has 0 aliphatic rings. The second-order valence-corrected chi connectivity index (χ2v) is 0. The summed E-state index contributed by atoms with van der Waals surface area (Å²) in [5.74, 6) is 0. The molecule has 39 valence electrons. The molecular formula is H2CuFeMoPbSZn. The van der Waals surface area contributed by atoms with Gasteiger partial charge >= 0.3 is 55.1 Å². The van der Waals surface area contributed by atoms with Gasteiger partial charge in [0, 0.05) is 53.6 Å². The minimum absolute atomic E-state index is 0. The van der Waals surface area contributed by atoms with Crippen LogP contribution in [-0.2, 0) is 71.6 Å². The molecule has 0 aromatic rings. The van der Waals surface area contributed by atoms with Crippen molar-refractivity contribution in [3.63, 3.8) is 0 Å². The summed E-state index contributed by atoms with van der Waals surface area (Å²) in [5.41, 5.74) is 0. The van der Waals surface area contributed by atoms with Crippen LogP contribution in [0.25, 0.3) is 0 Å². The molecule has 0 aliphatic heterocycles. The average molecular weight is 522 g/mol. The van der Waals surface area contributed by atoms with E-state index in [-0.39, 0.29) is 80.9 Å². The topological polar surface area (TPSA) is 0 Å². The molecule has 0 amide bonds. The first-order valence-electron chi connectivity index (χ1n) is 0.167. The fourth-order valence-corrected chi connectivity index (χ4v) is 0. The van der Waals surface area contributed by atoms with Gasteiger partial charge in [-0.05, 0) is 0 Å². The zero-order valence-electron chi connectivity index (χ0n) is 2.89. The molecule has 0 saturated heterocycles. The summed E-state index contributed by atoms with van der Waals surface area (Å²) >= 11 is 1.53. The van der Waals surface area contributed by atoms with Crippen LogP contribution in [0.15, 0.2) is 0 Å². The zero-order valence-corrected chi connectivity index (χ0v) is 16.2. The predicted molar refractivity (Wildman–Crippen MR) is 16.1 cm³/mol. The summed E-state index contributed by atoms with van der Waals surface area (Å²) < 4.78 is 0. The van der Waals surface area contributed by atoms with E-state index in [4.69, 9.17) is 0 Å². The van der Waals surface area contributed by atoms with Gasteiger partial charge in [0.2, 0.25) is 0 Å². The van der Waals surface area contributed by atoms with Gasteiger partial charge < -0.3 is 0 Å². The second-order valence-electron chi connectivity index (χ2n) is 0. The van der Waals surface area contributed by atoms with Crippen molar-refractivity contribution in [1.82, 2.24) is 0 Å². The molecule has 0 fully saturated rings. The van der Waals surface area contributed by atoms with E-state index in [1.165, 1.54) is 18.0 Å². The minimum Gasteiger partial charge on any atom is 0 e. The first kappa shape index (κ1) is 33.9. The van der Waals surface area contributed by atoms with Crippen LogP contribution in [0.4, 0.5) is 0 Å². The molecule has 0 unspecified atom stereocenters. The first-order valence-corrected chi connectivity index (χ1v) is 2.96. The Bertz CT molecular complexity index is 15.5. The van der Waals surface area contributed by atoms with Crippen LogP contribution in [-0.4, -0.2) is 27.3 Å². The van der Waals surface area contributed by atoms with Gasteiger partial charge in [-0.3, -0.25) is 0 Å². The van der Waals surface area contributed by atoms with Crippen molar-refractivity contribution in [2.75, 3.05) is 0 Å². The number of hydrogen-bond acceptors (Lipinski definition) is 1. The Morgan fingerprint density at radius 2 is 1.17 bits per heavy atom. The fraction of sp³-hybridized carbons (Fsp3) is 0. The van der Waals surface area contributed by atoms with Crippen molar-refractivity contribution >= 4 is 37.1 Å². The smallest absolute Gasteiger partial charge is 0 e. The maximum absolute atomic E-state index is 4.09.